The number of rotatable bonds is 8. The predicted octanol–water partition coefficient (Wildman–Crippen LogP) is 2.56. The molecule has 176 valence electrons. The molecule has 1 atom stereocenters. The molecule has 0 radical (unpaired) electrons. The van der Waals surface area contributed by atoms with Crippen LogP contribution in [0.2, 0.25) is 5.02 Å². The van der Waals surface area contributed by atoms with Crippen LogP contribution in [-0.4, -0.2) is 42.6 Å². The van der Waals surface area contributed by atoms with Crippen LogP contribution in [0, 0.1) is 0 Å². The minimum atomic E-state index is -4.10. The number of hydrogen-bond donors (Lipinski definition) is 4. The Morgan fingerprint density at radius 1 is 1.00 bits per heavy atom. The average molecular weight is 494 g/mol. The summed E-state index contributed by atoms with van der Waals surface area (Å²) < 4.78 is 26.0. The van der Waals surface area contributed by atoms with Crippen molar-refractivity contribution in [2.45, 2.75) is 30.4 Å². The number of hydrogen-bond acceptors (Lipinski definition) is 8. The molecule has 0 aliphatic rings. The van der Waals surface area contributed by atoms with Gasteiger partial charge >= 0.3 is 0 Å². The van der Waals surface area contributed by atoms with Gasteiger partial charge in [0.05, 0.1) is 22.4 Å². The van der Waals surface area contributed by atoms with Crippen molar-refractivity contribution >= 4 is 38.7 Å². The highest BCUT2D eigenvalue weighted by atomic mass is 35.5. The van der Waals surface area contributed by atoms with Crippen molar-refractivity contribution < 1.29 is 18.6 Å². The second kappa shape index (κ2) is 8.79. The van der Waals surface area contributed by atoms with Gasteiger partial charge in [0.2, 0.25) is 10.0 Å². The molecule has 0 saturated carbocycles. The van der Waals surface area contributed by atoms with Gasteiger partial charge in [-0.25, -0.2) is 12.7 Å². The molecule has 0 amide bonds. The number of benzene rings is 2. The first-order valence-corrected chi connectivity index (χ1v) is 11.7. The first-order valence-electron chi connectivity index (χ1n) is 9.85. The molecule has 0 fully saturated rings. The van der Waals surface area contributed by atoms with Gasteiger partial charge in [-0.2, -0.15) is 0 Å². The molecule has 0 spiro atoms. The third-order valence-corrected chi connectivity index (χ3v) is 7.44. The van der Waals surface area contributed by atoms with Crippen LogP contribution in [0.15, 0.2) is 56.9 Å². The molecular formula is C22H24ClN3O6S. The topological polar surface area (TPSA) is 136 Å². The van der Waals surface area contributed by atoms with Crippen LogP contribution in [0.5, 0.6) is 5.75 Å². The molecule has 3 aromatic carbocycles. The standard InChI is InChI=1S/C22H24ClN3O6S/c1-22(2,30)21(12-8-6-5-7-9-12)25-16-15(18(28)19(16)29)24-14-11-10-13(23)20(17(14)27)33(31,32)26(3)4/h5-11,21,24-25,27,30H,1-4H3. The summed E-state index contributed by atoms with van der Waals surface area (Å²) in [4.78, 5) is 24.1. The van der Waals surface area contributed by atoms with Gasteiger partial charge in [-0.3, -0.25) is 9.59 Å². The molecule has 0 bridgehead atoms. The highest BCUT2D eigenvalue weighted by molar-refractivity contribution is 7.89. The SMILES string of the molecule is CN(C)S(=O)(=O)c1c(Cl)ccc(Nc2c(NC(c3ccccc3)C(C)(C)O)c(=O)c2=O)c1O. The van der Waals surface area contributed by atoms with Crippen LogP contribution in [-0.2, 0) is 10.0 Å². The van der Waals surface area contributed by atoms with Crippen LogP contribution in [0.25, 0.3) is 0 Å². The van der Waals surface area contributed by atoms with Gasteiger partial charge in [0, 0.05) is 14.1 Å². The van der Waals surface area contributed by atoms with Crippen LogP contribution >= 0.6 is 11.6 Å². The highest BCUT2D eigenvalue weighted by Gasteiger charge is 2.33. The number of aromatic hydroxyl groups is 1. The summed E-state index contributed by atoms with van der Waals surface area (Å²) >= 11 is 6.02. The third kappa shape index (κ3) is 4.60. The Kier molecular flexibility index (Phi) is 6.58. The zero-order chi connectivity index (χ0) is 24.7. The molecule has 0 aliphatic heterocycles. The quantitative estimate of drug-likeness (QED) is 0.277. The van der Waals surface area contributed by atoms with Crippen molar-refractivity contribution in [3.63, 3.8) is 0 Å². The fourth-order valence-corrected chi connectivity index (χ4v) is 4.80. The molecule has 33 heavy (non-hydrogen) atoms. The lowest BCUT2D eigenvalue weighted by molar-refractivity contribution is 0.0589. The minimum absolute atomic E-state index is 0.0951. The van der Waals surface area contributed by atoms with Crippen molar-refractivity contribution in [1.82, 2.24) is 4.31 Å². The molecule has 0 saturated heterocycles. The van der Waals surface area contributed by atoms with E-state index in [-0.39, 0.29) is 22.1 Å². The molecule has 1 unspecified atom stereocenters. The van der Waals surface area contributed by atoms with Gasteiger partial charge in [-0.05, 0) is 31.5 Å². The summed E-state index contributed by atoms with van der Waals surface area (Å²) in [6.07, 6.45) is 0. The van der Waals surface area contributed by atoms with Crippen LogP contribution < -0.4 is 21.5 Å². The van der Waals surface area contributed by atoms with Crippen LogP contribution in [0.3, 0.4) is 0 Å². The van der Waals surface area contributed by atoms with Gasteiger partial charge in [-0.1, -0.05) is 41.9 Å². The lowest BCUT2D eigenvalue weighted by Crippen LogP contribution is -2.42. The Hall–Kier alpha value is -2.92. The molecule has 9 nitrogen and oxygen atoms in total. The smallest absolute Gasteiger partial charge is 0.253 e. The van der Waals surface area contributed by atoms with E-state index in [1.165, 1.54) is 26.2 Å². The first-order chi connectivity index (χ1) is 15.3. The Morgan fingerprint density at radius 2 is 1.58 bits per heavy atom. The summed E-state index contributed by atoms with van der Waals surface area (Å²) in [7, 11) is -1.54. The monoisotopic (exact) mass is 493 g/mol. The Labute approximate surface area is 196 Å². The fraction of sp³-hybridized carbons (Fsp3) is 0.273. The number of halogens is 1. The summed E-state index contributed by atoms with van der Waals surface area (Å²) in [5.74, 6) is -0.697. The van der Waals surface area contributed by atoms with Gasteiger partial charge in [-0.15, -0.1) is 0 Å². The zero-order valence-electron chi connectivity index (χ0n) is 18.4. The molecule has 3 rings (SSSR count). The number of aliphatic hydroxyl groups is 1. The first kappa shape index (κ1) is 24.7. The second-order valence-electron chi connectivity index (χ2n) is 8.24. The maximum absolute atomic E-state index is 12.6. The molecule has 4 N–H and O–H groups in total. The highest BCUT2D eigenvalue weighted by Crippen LogP contribution is 2.40. The number of nitrogens with zero attached hydrogens (tertiary/aromatic N) is 1. The summed E-state index contributed by atoms with van der Waals surface area (Å²) in [5.41, 5.74) is -2.69. The molecule has 0 heterocycles. The van der Waals surface area contributed by atoms with Crippen molar-refractivity contribution in [2.75, 3.05) is 24.7 Å². The Bertz CT molecular complexity index is 1360. The lowest BCUT2D eigenvalue weighted by Gasteiger charge is -2.32. The number of phenolic OH excluding ortho intramolecular Hbond substituents is 1. The second-order valence-corrected chi connectivity index (χ2v) is 10.7. The van der Waals surface area contributed by atoms with E-state index < -0.39 is 43.2 Å². The third-order valence-electron chi connectivity index (χ3n) is 5.12. The predicted molar refractivity (Wildman–Crippen MR) is 128 cm³/mol. The maximum atomic E-state index is 12.6. The van der Waals surface area contributed by atoms with E-state index in [0.717, 1.165) is 4.31 Å². The average Bonchev–Trinajstić information content (AvgIpc) is 2.73. The summed E-state index contributed by atoms with van der Waals surface area (Å²) in [6.45, 7) is 3.11. The van der Waals surface area contributed by atoms with E-state index in [1.54, 1.807) is 44.2 Å². The van der Waals surface area contributed by atoms with Gasteiger partial charge < -0.3 is 20.8 Å². The maximum Gasteiger partial charge on any atom is 0.253 e. The van der Waals surface area contributed by atoms with Crippen molar-refractivity contribution in [1.29, 1.82) is 0 Å². The molecule has 11 heteroatoms. The van der Waals surface area contributed by atoms with Crippen molar-refractivity contribution in [2.24, 2.45) is 0 Å². The molecular weight excluding hydrogens is 470 g/mol. The Morgan fingerprint density at radius 3 is 2.12 bits per heavy atom. The normalized spacial score (nSPS) is 13.3. The van der Waals surface area contributed by atoms with Gasteiger partial charge in [0.1, 0.15) is 16.3 Å². The number of anilines is 3. The number of phenols is 1. The van der Waals surface area contributed by atoms with E-state index in [2.05, 4.69) is 10.6 Å². The van der Waals surface area contributed by atoms with Crippen LogP contribution in [0.4, 0.5) is 17.1 Å². The Balaban J connectivity index is 2.03. The summed E-state index contributed by atoms with van der Waals surface area (Å²) in [6, 6.07) is 10.7. The largest absolute Gasteiger partial charge is 0.504 e. The van der Waals surface area contributed by atoms with Crippen molar-refractivity contribution in [3.8, 4) is 5.75 Å². The summed E-state index contributed by atoms with van der Waals surface area (Å²) in [5, 5.41) is 26.6. The molecule has 0 aliphatic carbocycles. The van der Waals surface area contributed by atoms with E-state index in [9.17, 15) is 28.2 Å². The van der Waals surface area contributed by atoms with Gasteiger partial charge in [0.25, 0.3) is 10.9 Å². The van der Waals surface area contributed by atoms with Crippen molar-refractivity contribution in [3.05, 3.63) is 73.5 Å². The van der Waals surface area contributed by atoms with E-state index in [1.807, 2.05) is 0 Å². The fourth-order valence-electron chi connectivity index (χ4n) is 3.32. The van der Waals surface area contributed by atoms with Gasteiger partial charge in [0.15, 0.2) is 5.75 Å². The molecule has 0 aromatic heterocycles. The zero-order valence-corrected chi connectivity index (χ0v) is 20.0. The van der Waals surface area contributed by atoms with E-state index in [0.29, 0.717) is 5.56 Å². The lowest BCUT2D eigenvalue weighted by atomic mass is 9.91. The van der Waals surface area contributed by atoms with E-state index in [4.69, 9.17) is 11.6 Å². The minimum Gasteiger partial charge on any atom is -0.504 e. The molecule has 3 aromatic rings. The number of sulfonamides is 1. The van der Waals surface area contributed by atoms with E-state index >= 15 is 0 Å². The van der Waals surface area contributed by atoms with Crippen LogP contribution in [0.1, 0.15) is 25.5 Å². The number of nitrogens with one attached hydrogen (secondary N) is 2.